The summed E-state index contributed by atoms with van der Waals surface area (Å²) in [7, 11) is 0. The van der Waals surface area contributed by atoms with E-state index < -0.39 is 6.04 Å². The number of carbonyl (C=O) groups is 2. The largest absolute Gasteiger partial charge is 0.338 e. The fraction of sp³-hybridized carbons (Fsp3) is 0.353. The number of aromatic nitrogens is 1. The first-order valence-corrected chi connectivity index (χ1v) is 7.97. The average Bonchev–Trinajstić information content (AvgIpc) is 3.16. The molecule has 1 aromatic carbocycles. The van der Waals surface area contributed by atoms with Crippen LogP contribution in [0, 0.1) is 6.92 Å². The summed E-state index contributed by atoms with van der Waals surface area (Å²) in [6.07, 6.45) is 0.602. The van der Waals surface area contributed by atoms with Gasteiger partial charge in [-0.15, -0.1) is 0 Å². The molecule has 1 saturated heterocycles. The van der Waals surface area contributed by atoms with Crippen molar-refractivity contribution in [2.45, 2.75) is 26.3 Å². The van der Waals surface area contributed by atoms with Gasteiger partial charge >= 0.3 is 6.03 Å². The number of amides is 3. The molecular weight excluding hydrogens is 308 g/mol. The lowest BCUT2D eigenvalue weighted by atomic mass is 10.2. The normalized spacial score (nSPS) is 17.2. The van der Waals surface area contributed by atoms with Crippen molar-refractivity contribution >= 4 is 23.5 Å². The summed E-state index contributed by atoms with van der Waals surface area (Å²) in [6.45, 7) is 4.65. The molecule has 126 valence electrons. The van der Waals surface area contributed by atoms with Crippen LogP contribution in [0.25, 0.3) is 0 Å². The topological polar surface area (TPSA) is 78.7 Å². The maximum Gasteiger partial charge on any atom is 0.324 e. The third-order valence-corrected chi connectivity index (χ3v) is 4.08. The number of hydrogen-bond acceptors (Lipinski definition) is 4. The second kappa shape index (κ2) is 6.74. The number of urea groups is 1. The number of rotatable bonds is 4. The summed E-state index contributed by atoms with van der Waals surface area (Å²) in [5.74, 6) is 0.216. The first-order chi connectivity index (χ1) is 11.6. The summed E-state index contributed by atoms with van der Waals surface area (Å²) in [4.78, 5) is 28.5. The fourth-order valence-corrected chi connectivity index (χ4v) is 2.92. The SMILES string of the molecule is CCN(C(=O)Nc1cc(C)no1)[C@@H]1CCN(c2ccccc2)C1=O. The van der Waals surface area contributed by atoms with Gasteiger partial charge in [-0.05, 0) is 32.4 Å². The van der Waals surface area contributed by atoms with Crippen LogP contribution in [-0.4, -0.2) is 41.1 Å². The minimum Gasteiger partial charge on any atom is -0.338 e. The van der Waals surface area contributed by atoms with E-state index in [1.165, 1.54) is 4.90 Å². The van der Waals surface area contributed by atoms with E-state index in [-0.39, 0.29) is 17.8 Å². The van der Waals surface area contributed by atoms with Crippen LogP contribution >= 0.6 is 0 Å². The number of hydrogen-bond donors (Lipinski definition) is 1. The van der Waals surface area contributed by atoms with Gasteiger partial charge < -0.3 is 14.3 Å². The number of para-hydroxylation sites is 1. The molecule has 1 aliphatic rings. The summed E-state index contributed by atoms with van der Waals surface area (Å²) in [5.41, 5.74) is 1.54. The van der Waals surface area contributed by atoms with Crippen molar-refractivity contribution in [2.75, 3.05) is 23.3 Å². The molecular formula is C17H20N4O3. The van der Waals surface area contributed by atoms with Gasteiger partial charge in [0.1, 0.15) is 6.04 Å². The molecule has 1 N–H and O–H groups in total. The van der Waals surface area contributed by atoms with Crippen LogP contribution in [0.2, 0.25) is 0 Å². The van der Waals surface area contributed by atoms with Crippen molar-refractivity contribution in [1.82, 2.24) is 10.1 Å². The van der Waals surface area contributed by atoms with E-state index in [1.54, 1.807) is 17.9 Å². The Morgan fingerprint density at radius 3 is 2.79 bits per heavy atom. The molecule has 24 heavy (non-hydrogen) atoms. The van der Waals surface area contributed by atoms with Crippen molar-refractivity contribution in [3.8, 4) is 0 Å². The van der Waals surface area contributed by atoms with Gasteiger partial charge in [-0.25, -0.2) is 4.79 Å². The molecule has 2 aromatic rings. The molecule has 0 aliphatic carbocycles. The number of benzene rings is 1. The van der Waals surface area contributed by atoms with Crippen LogP contribution in [0.5, 0.6) is 0 Å². The van der Waals surface area contributed by atoms with Crippen LogP contribution in [0.1, 0.15) is 19.0 Å². The molecule has 0 spiro atoms. The Balaban J connectivity index is 1.72. The summed E-state index contributed by atoms with van der Waals surface area (Å²) < 4.78 is 5.01. The van der Waals surface area contributed by atoms with E-state index in [2.05, 4.69) is 10.5 Å². The van der Waals surface area contributed by atoms with Gasteiger partial charge in [0, 0.05) is 24.8 Å². The van der Waals surface area contributed by atoms with Gasteiger partial charge in [-0.1, -0.05) is 23.4 Å². The lowest BCUT2D eigenvalue weighted by Crippen LogP contribution is -2.47. The Labute approximate surface area is 140 Å². The van der Waals surface area contributed by atoms with E-state index in [1.807, 2.05) is 37.3 Å². The van der Waals surface area contributed by atoms with Crippen LogP contribution in [0.4, 0.5) is 16.4 Å². The van der Waals surface area contributed by atoms with Gasteiger partial charge in [0.2, 0.25) is 11.8 Å². The zero-order valence-electron chi connectivity index (χ0n) is 13.7. The minimum absolute atomic E-state index is 0.0630. The minimum atomic E-state index is -0.473. The fourth-order valence-electron chi connectivity index (χ4n) is 2.92. The van der Waals surface area contributed by atoms with E-state index in [0.717, 1.165) is 5.69 Å². The first kappa shape index (κ1) is 16.0. The predicted octanol–water partition coefficient (Wildman–Crippen LogP) is 2.64. The Morgan fingerprint density at radius 1 is 1.42 bits per heavy atom. The smallest absolute Gasteiger partial charge is 0.324 e. The summed E-state index contributed by atoms with van der Waals surface area (Å²) in [6, 6.07) is 10.3. The molecule has 1 aliphatic heterocycles. The highest BCUT2D eigenvalue weighted by molar-refractivity contribution is 6.02. The van der Waals surface area contributed by atoms with Crippen LogP contribution in [0.3, 0.4) is 0 Å². The van der Waals surface area contributed by atoms with Gasteiger partial charge in [0.25, 0.3) is 0 Å². The zero-order chi connectivity index (χ0) is 17.1. The standard InChI is InChI=1S/C17H20N4O3/c1-3-20(17(23)18-15-11-12(2)19-24-15)14-9-10-21(16(14)22)13-7-5-4-6-8-13/h4-8,11,14H,3,9-10H2,1-2H3,(H,18,23)/t14-/m1/s1. The molecule has 0 unspecified atom stereocenters. The molecule has 0 bridgehead atoms. The van der Waals surface area contributed by atoms with Gasteiger partial charge in [-0.3, -0.25) is 10.1 Å². The van der Waals surface area contributed by atoms with Crippen molar-refractivity contribution in [3.63, 3.8) is 0 Å². The molecule has 1 aromatic heterocycles. The van der Waals surface area contributed by atoms with Crippen LogP contribution in [-0.2, 0) is 4.79 Å². The molecule has 7 heteroatoms. The molecule has 0 saturated carbocycles. The number of aryl methyl sites for hydroxylation is 1. The van der Waals surface area contributed by atoms with Crippen molar-refractivity contribution in [1.29, 1.82) is 0 Å². The maximum absolute atomic E-state index is 12.7. The molecule has 7 nitrogen and oxygen atoms in total. The molecule has 1 fully saturated rings. The molecule has 3 amide bonds. The highest BCUT2D eigenvalue weighted by Gasteiger charge is 2.38. The Kier molecular flexibility index (Phi) is 4.50. The monoisotopic (exact) mass is 328 g/mol. The molecule has 0 radical (unpaired) electrons. The summed E-state index contributed by atoms with van der Waals surface area (Å²) in [5, 5.41) is 6.39. The number of anilines is 2. The van der Waals surface area contributed by atoms with Crippen LogP contribution < -0.4 is 10.2 Å². The predicted molar refractivity (Wildman–Crippen MR) is 89.8 cm³/mol. The number of carbonyl (C=O) groups excluding carboxylic acids is 2. The maximum atomic E-state index is 12.7. The highest BCUT2D eigenvalue weighted by atomic mass is 16.5. The molecule has 3 rings (SSSR count). The lowest BCUT2D eigenvalue weighted by molar-refractivity contribution is -0.120. The first-order valence-electron chi connectivity index (χ1n) is 7.97. The van der Waals surface area contributed by atoms with Crippen molar-refractivity contribution in [3.05, 3.63) is 42.1 Å². The van der Waals surface area contributed by atoms with Crippen LogP contribution in [0.15, 0.2) is 40.9 Å². The van der Waals surface area contributed by atoms with Crippen molar-refractivity contribution < 1.29 is 14.1 Å². The second-order valence-electron chi connectivity index (χ2n) is 5.68. The number of likely N-dealkylation sites (N-methyl/N-ethyl adjacent to an activating group) is 1. The average molecular weight is 328 g/mol. The van der Waals surface area contributed by atoms with E-state index in [4.69, 9.17) is 4.52 Å². The third kappa shape index (κ3) is 3.10. The third-order valence-electron chi connectivity index (χ3n) is 4.08. The van der Waals surface area contributed by atoms with Gasteiger partial charge in [-0.2, -0.15) is 0 Å². The van der Waals surface area contributed by atoms with E-state index >= 15 is 0 Å². The van der Waals surface area contributed by atoms with E-state index in [9.17, 15) is 9.59 Å². The van der Waals surface area contributed by atoms with Crippen molar-refractivity contribution in [2.24, 2.45) is 0 Å². The number of nitrogens with zero attached hydrogens (tertiary/aromatic N) is 3. The molecule has 2 heterocycles. The van der Waals surface area contributed by atoms with Gasteiger partial charge in [0.15, 0.2) is 0 Å². The lowest BCUT2D eigenvalue weighted by Gasteiger charge is -2.26. The van der Waals surface area contributed by atoms with E-state index in [0.29, 0.717) is 25.2 Å². The second-order valence-corrected chi connectivity index (χ2v) is 5.68. The number of nitrogens with one attached hydrogen (secondary N) is 1. The Hall–Kier alpha value is -2.83. The van der Waals surface area contributed by atoms with Gasteiger partial charge in [0.05, 0.1) is 5.69 Å². The Bertz CT molecular complexity index is 728. The quantitative estimate of drug-likeness (QED) is 0.936. The Morgan fingerprint density at radius 2 is 2.17 bits per heavy atom. The molecule has 1 atom stereocenters. The zero-order valence-corrected chi connectivity index (χ0v) is 13.7. The highest BCUT2D eigenvalue weighted by Crippen LogP contribution is 2.24. The summed E-state index contributed by atoms with van der Waals surface area (Å²) >= 11 is 0.